The molecular weight excluding hydrogens is 496 g/mol. The van der Waals surface area contributed by atoms with Crippen LogP contribution in [0.25, 0.3) is 0 Å². The predicted octanol–water partition coefficient (Wildman–Crippen LogP) is 5.34. The fraction of sp³-hybridized carbons (Fsp3) is 0.286. The Bertz CT molecular complexity index is 1370. The van der Waals surface area contributed by atoms with E-state index in [1.807, 2.05) is 25.1 Å². The molecule has 8 heteroatoms. The summed E-state index contributed by atoms with van der Waals surface area (Å²) in [5, 5.41) is 0.545. The van der Waals surface area contributed by atoms with Crippen LogP contribution >= 0.6 is 11.6 Å². The lowest BCUT2D eigenvalue weighted by atomic mass is 10.0. The summed E-state index contributed by atoms with van der Waals surface area (Å²) in [6, 6.07) is 19.7. The maximum absolute atomic E-state index is 13.8. The Kier molecular flexibility index (Phi) is 7.64. The van der Waals surface area contributed by atoms with Gasteiger partial charge >= 0.3 is 0 Å². The first-order valence-corrected chi connectivity index (χ1v) is 13.7. The Morgan fingerprint density at radius 3 is 2.28 bits per heavy atom. The van der Waals surface area contributed by atoms with Gasteiger partial charge in [-0.05, 0) is 66.8 Å². The van der Waals surface area contributed by atoms with E-state index in [4.69, 9.17) is 11.6 Å². The molecule has 3 aromatic carbocycles. The summed E-state index contributed by atoms with van der Waals surface area (Å²) in [6.45, 7) is 6.02. The van der Waals surface area contributed by atoms with Gasteiger partial charge in [-0.15, -0.1) is 0 Å². The van der Waals surface area contributed by atoms with E-state index >= 15 is 0 Å². The van der Waals surface area contributed by atoms with Gasteiger partial charge in [0.2, 0.25) is 15.9 Å². The van der Waals surface area contributed by atoms with E-state index in [0.29, 0.717) is 23.0 Å². The highest BCUT2D eigenvalue weighted by Gasteiger charge is 2.46. The molecule has 4 rings (SSSR count). The van der Waals surface area contributed by atoms with E-state index in [0.717, 1.165) is 21.6 Å². The number of imide groups is 1. The molecule has 1 fully saturated rings. The number of hydrogen-bond donors (Lipinski definition) is 0. The van der Waals surface area contributed by atoms with Gasteiger partial charge in [0.25, 0.3) is 5.91 Å². The molecule has 1 atom stereocenters. The van der Waals surface area contributed by atoms with Gasteiger partial charge in [-0.2, -0.15) is 4.31 Å². The molecule has 0 aromatic heterocycles. The number of anilines is 1. The summed E-state index contributed by atoms with van der Waals surface area (Å²) in [4.78, 5) is 27.7. The number of nitrogens with zero attached hydrogens (tertiary/aromatic N) is 2. The molecule has 1 unspecified atom stereocenters. The van der Waals surface area contributed by atoms with E-state index < -0.39 is 27.9 Å². The maximum Gasteiger partial charge on any atom is 0.252 e. The van der Waals surface area contributed by atoms with Crippen molar-refractivity contribution in [3.05, 3.63) is 94.5 Å². The minimum atomic E-state index is -4.06. The number of hydrogen-bond acceptors (Lipinski definition) is 4. The molecule has 1 saturated heterocycles. The molecule has 36 heavy (non-hydrogen) atoms. The molecule has 0 spiro atoms. The number of halogens is 1. The average Bonchev–Trinajstić information content (AvgIpc) is 3.13. The van der Waals surface area contributed by atoms with Gasteiger partial charge in [-0.1, -0.05) is 67.4 Å². The monoisotopic (exact) mass is 524 g/mol. The summed E-state index contributed by atoms with van der Waals surface area (Å²) in [5.41, 5.74) is 3.28. The molecule has 1 heterocycles. The smallest absolute Gasteiger partial charge is 0.252 e. The number of carbonyl (C=O) groups excluding carboxylic acids is 2. The van der Waals surface area contributed by atoms with Gasteiger partial charge in [0.15, 0.2) is 0 Å². The second kappa shape index (κ2) is 10.5. The molecule has 0 saturated carbocycles. The Labute approximate surface area is 217 Å². The van der Waals surface area contributed by atoms with Gasteiger partial charge < -0.3 is 0 Å². The molecule has 2 amide bonds. The number of amides is 2. The Hall–Kier alpha value is -3.00. The van der Waals surface area contributed by atoms with E-state index in [9.17, 15) is 18.0 Å². The van der Waals surface area contributed by atoms with Crippen LogP contribution in [-0.4, -0.2) is 37.1 Å². The Morgan fingerprint density at radius 1 is 1.00 bits per heavy atom. The largest absolute Gasteiger partial charge is 0.274 e. The van der Waals surface area contributed by atoms with E-state index in [2.05, 4.69) is 13.8 Å². The van der Waals surface area contributed by atoms with Crippen molar-refractivity contribution in [3.8, 4) is 0 Å². The Balaban J connectivity index is 1.68. The van der Waals surface area contributed by atoms with Gasteiger partial charge in [0, 0.05) is 11.6 Å². The van der Waals surface area contributed by atoms with Gasteiger partial charge in [-0.3, -0.25) is 9.59 Å². The zero-order valence-electron chi connectivity index (χ0n) is 20.5. The molecule has 0 N–H and O–H groups in total. The van der Waals surface area contributed by atoms with Crippen LogP contribution in [0.1, 0.15) is 42.9 Å². The first-order chi connectivity index (χ1) is 17.1. The Morgan fingerprint density at radius 2 is 1.67 bits per heavy atom. The minimum absolute atomic E-state index is 0.0281. The van der Waals surface area contributed by atoms with Crippen LogP contribution in [0.15, 0.2) is 77.7 Å². The number of carbonyl (C=O) groups is 2. The third-order valence-electron chi connectivity index (χ3n) is 6.43. The lowest BCUT2D eigenvalue weighted by Crippen LogP contribution is -2.46. The molecule has 188 valence electrons. The molecule has 3 aromatic rings. The number of aryl methyl sites for hydroxylation is 1. The standard InChI is InChI=1S/C28H29ClN2O4S/c1-19(2)22-9-11-24(12-10-22)31-27(32)18-26(28(31)33)30(16-15-21-5-4-6-23(29)17-21)36(34,35)25-13-7-20(3)8-14-25/h4-14,17,19,26H,15-16,18H2,1-3H3. The van der Waals surface area contributed by atoms with Crippen LogP contribution in [0.5, 0.6) is 0 Å². The lowest BCUT2D eigenvalue weighted by molar-refractivity contribution is -0.122. The van der Waals surface area contributed by atoms with Crippen LogP contribution in [0, 0.1) is 6.92 Å². The molecule has 1 aliphatic heterocycles. The van der Waals surface area contributed by atoms with Crippen molar-refractivity contribution in [2.24, 2.45) is 0 Å². The van der Waals surface area contributed by atoms with Gasteiger partial charge in [-0.25, -0.2) is 13.3 Å². The summed E-state index contributed by atoms with van der Waals surface area (Å²) in [6.07, 6.45) is 0.123. The van der Waals surface area contributed by atoms with Crippen molar-refractivity contribution >= 4 is 39.1 Å². The molecule has 0 radical (unpaired) electrons. The summed E-state index contributed by atoms with van der Waals surface area (Å²) >= 11 is 6.11. The minimum Gasteiger partial charge on any atom is -0.274 e. The predicted molar refractivity (Wildman–Crippen MR) is 142 cm³/mol. The van der Waals surface area contributed by atoms with Crippen LogP contribution in [-0.2, 0) is 26.0 Å². The van der Waals surface area contributed by atoms with E-state index in [1.165, 1.54) is 16.4 Å². The van der Waals surface area contributed by atoms with Crippen molar-refractivity contribution in [1.82, 2.24) is 4.31 Å². The lowest BCUT2D eigenvalue weighted by Gasteiger charge is -2.27. The highest BCUT2D eigenvalue weighted by atomic mass is 35.5. The van der Waals surface area contributed by atoms with Crippen molar-refractivity contribution < 1.29 is 18.0 Å². The maximum atomic E-state index is 13.8. The fourth-order valence-corrected chi connectivity index (χ4v) is 6.14. The normalized spacial score (nSPS) is 16.4. The SMILES string of the molecule is Cc1ccc(S(=O)(=O)N(CCc2cccc(Cl)c2)C2CC(=O)N(c3ccc(C(C)C)cc3)C2=O)cc1. The topological polar surface area (TPSA) is 74.8 Å². The summed E-state index contributed by atoms with van der Waals surface area (Å²) < 4.78 is 28.7. The zero-order chi connectivity index (χ0) is 26.0. The van der Waals surface area contributed by atoms with E-state index in [1.54, 1.807) is 42.5 Å². The third kappa shape index (κ3) is 5.38. The molecule has 6 nitrogen and oxygen atoms in total. The number of rotatable bonds is 8. The van der Waals surface area contributed by atoms with Gasteiger partial charge in [0.05, 0.1) is 17.0 Å². The van der Waals surface area contributed by atoms with E-state index in [-0.39, 0.29) is 17.9 Å². The van der Waals surface area contributed by atoms with Crippen molar-refractivity contribution in [1.29, 1.82) is 0 Å². The molecular formula is C28H29ClN2O4S. The fourth-order valence-electron chi connectivity index (χ4n) is 4.34. The highest BCUT2D eigenvalue weighted by Crippen LogP contribution is 2.30. The number of sulfonamides is 1. The molecule has 0 aliphatic carbocycles. The molecule has 0 bridgehead atoms. The summed E-state index contributed by atoms with van der Waals surface area (Å²) in [7, 11) is -4.06. The summed E-state index contributed by atoms with van der Waals surface area (Å²) in [5.74, 6) is -0.661. The average molecular weight is 525 g/mol. The second-order valence-corrected chi connectivity index (χ2v) is 11.7. The van der Waals surface area contributed by atoms with Crippen LogP contribution < -0.4 is 4.90 Å². The number of benzene rings is 3. The second-order valence-electron chi connectivity index (χ2n) is 9.34. The van der Waals surface area contributed by atoms with Crippen LogP contribution in [0.2, 0.25) is 5.02 Å². The van der Waals surface area contributed by atoms with Crippen LogP contribution in [0.4, 0.5) is 5.69 Å². The highest BCUT2D eigenvalue weighted by molar-refractivity contribution is 7.89. The van der Waals surface area contributed by atoms with Gasteiger partial charge in [0.1, 0.15) is 6.04 Å². The van der Waals surface area contributed by atoms with Crippen LogP contribution in [0.3, 0.4) is 0 Å². The van der Waals surface area contributed by atoms with Crippen molar-refractivity contribution in [2.75, 3.05) is 11.4 Å². The quantitative estimate of drug-likeness (QED) is 0.373. The molecule has 1 aliphatic rings. The van der Waals surface area contributed by atoms with Crippen molar-refractivity contribution in [2.45, 2.75) is 50.5 Å². The zero-order valence-corrected chi connectivity index (χ0v) is 22.1. The third-order valence-corrected chi connectivity index (χ3v) is 8.58. The van der Waals surface area contributed by atoms with Crippen molar-refractivity contribution in [3.63, 3.8) is 0 Å². The first kappa shape index (κ1) is 26.1. The first-order valence-electron chi connectivity index (χ1n) is 11.9.